The third-order valence-electron chi connectivity index (χ3n) is 4.83. The van der Waals surface area contributed by atoms with Crippen molar-refractivity contribution >= 4 is 22.6 Å². The molecule has 130 valence electrons. The minimum atomic E-state index is -0.0250. The lowest BCUT2D eigenvalue weighted by Gasteiger charge is -2.19. The van der Waals surface area contributed by atoms with Crippen molar-refractivity contribution in [2.75, 3.05) is 18.4 Å². The molecule has 1 N–H and O–H groups in total. The molecule has 0 bridgehead atoms. The van der Waals surface area contributed by atoms with E-state index in [1.54, 1.807) is 0 Å². The van der Waals surface area contributed by atoms with Crippen LogP contribution in [-0.2, 0) is 18.4 Å². The molecule has 3 rings (SSSR count). The summed E-state index contributed by atoms with van der Waals surface area (Å²) < 4.78 is 2.17. The first-order valence-electron chi connectivity index (χ1n) is 9.03. The molecule has 1 aromatic carbocycles. The van der Waals surface area contributed by atoms with Crippen molar-refractivity contribution in [2.24, 2.45) is 13.0 Å². The lowest BCUT2D eigenvalue weighted by molar-refractivity contribution is -0.118. The molecule has 0 spiro atoms. The van der Waals surface area contributed by atoms with Crippen molar-refractivity contribution in [1.29, 1.82) is 0 Å². The Balaban J connectivity index is 1.79. The van der Waals surface area contributed by atoms with Crippen LogP contribution in [-0.4, -0.2) is 33.4 Å². The monoisotopic (exact) mass is 328 g/mol. The average molecular weight is 328 g/mol. The fourth-order valence-electron chi connectivity index (χ4n) is 3.25. The van der Waals surface area contributed by atoms with Crippen molar-refractivity contribution in [2.45, 2.75) is 46.1 Å². The zero-order chi connectivity index (χ0) is 17.1. The van der Waals surface area contributed by atoms with Crippen molar-refractivity contribution in [3.8, 4) is 0 Å². The molecule has 0 saturated carbocycles. The van der Waals surface area contributed by atoms with Crippen molar-refractivity contribution in [3.05, 3.63) is 24.0 Å². The SMILES string of the molecule is CC(C)C(=O)Nc1ccc2c(c1)nc(CN1CCCCCC1)n2C. The van der Waals surface area contributed by atoms with Crippen LogP contribution in [0.5, 0.6) is 0 Å². The molecule has 1 fully saturated rings. The molecule has 0 atom stereocenters. The third-order valence-corrected chi connectivity index (χ3v) is 4.83. The summed E-state index contributed by atoms with van der Waals surface area (Å²) in [6.07, 6.45) is 5.26. The van der Waals surface area contributed by atoms with Gasteiger partial charge in [-0.05, 0) is 44.1 Å². The average Bonchev–Trinajstić information content (AvgIpc) is 2.73. The largest absolute Gasteiger partial charge is 0.330 e. The molecule has 2 aromatic rings. The number of fused-ring (bicyclic) bond motifs is 1. The number of aromatic nitrogens is 2. The zero-order valence-electron chi connectivity index (χ0n) is 15.0. The second kappa shape index (κ2) is 7.34. The molecule has 0 unspecified atom stereocenters. The van der Waals surface area contributed by atoms with Crippen LogP contribution >= 0.6 is 0 Å². The maximum absolute atomic E-state index is 11.9. The van der Waals surface area contributed by atoms with Gasteiger partial charge in [-0.1, -0.05) is 26.7 Å². The predicted octanol–water partition coefficient (Wildman–Crippen LogP) is 3.54. The summed E-state index contributed by atoms with van der Waals surface area (Å²) in [6.45, 7) is 7.03. The Bertz CT molecular complexity index is 711. The van der Waals surface area contributed by atoms with Gasteiger partial charge < -0.3 is 9.88 Å². The highest BCUT2D eigenvalue weighted by Gasteiger charge is 2.15. The first-order chi connectivity index (χ1) is 11.5. The Kier molecular flexibility index (Phi) is 5.19. The van der Waals surface area contributed by atoms with Gasteiger partial charge in [-0.3, -0.25) is 9.69 Å². The smallest absolute Gasteiger partial charge is 0.226 e. The quantitative estimate of drug-likeness (QED) is 0.934. The number of carbonyl (C=O) groups is 1. The summed E-state index contributed by atoms with van der Waals surface area (Å²) >= 11 is 0. The van der Waals surface area contributed by atoms with Crippen LogP contribution in [0.3, 0.4) is 0 Å². The first-order valence-corrected chi connectivity index (χ1v) is 9.03. The van der Waals surface area contributed by atoms with Gasteiger partial charge in [-0.2, -0.15) is 0 Å². The van der Waals surface area contributed by atoms with Crippen LogP contribution in [0.15, 0.2) is 18.2 Å². The number of amides is 1. The lowest BCUT2D eigenvalue weighted by Crippen LogP contribution is -2.25. The number of rotatable bonds is 4. The molecule has 5 nitrogen and oxygen atoms in total. The summed E-state index contributed by atoms with van der Waals surface area (Å²) in [5.41, 5.74) is 2.88. The Labute approximate surface area is 144 Å². The molecule has 1 aliphatic heterocycles. The van der Waals surface area contributed by atoms with E-state index in [0.717, 1.165) is 29.1 Å². The fourth-order valence-corrected chi connectivity index (χ4v) is 3.25. The molecule has 2 heterocycles. The van der Waals surface area contributed by atoms with E-state index in [-0.39, 0.29) is 11.8 Å². The minimum Gasteiger partial charge on any atom is -0.330 e. The van der Waals surface area contributed by atoms with Gasteiger partial charge in [-0.25, -0.2) is 4.98 Å². The van der Waals surface area contributed by atoms with Crippen LogP contribution in [0.4, 0.5) is 5.69 Å². The van der Waals surface area contributed by atoms with E-state index in [4.69, 9.17) is 4.98 Å². The lowest BCUT2D eigenvalue weighted by atomic mass is 10.2. The van der Waals surface area contributed by atoms with Crippen LogP contribution < -0.4 is 5.32 Å². The van der Waals surface area contributed by atoms with Crippen LogP contribution in [0.25, 0.3) is 11.0 Å². The Morgan fingerprint density at radius 2 is 1.92 bits per heavy atom. The molecule has 1 aromatic heterocycles. The number of likely N-dealkylation sites (tertiary alicyclic amines) is 1. The minimum absolute atomic E-state index is 0.0250. The molecular formula is C19H28N4O. The zero-order valence-corrected chi connectivity index (χ0v) is 15.0. The highest BCUT2D eigenvalue weighted by molar-refractivity contribution is 5.94. The Morgan fingerprint density at radius 1 is 1.21 bits per heavy atom. The highest BCUT2D eigenvalue weighted by Crippen LogP contribution is 2.21. The predicted molar refractivity (Wildman–Crippen MR) is 97.9 cm³/mol. The third kappa shape index (κ3) is 3.78. The normalized spacial score (nSPS) is 16.5. The van der Waals surface area contributed by atoms with Gasteiger partial charge in [0.2, 0.25) is 5.91 Å². The Morgan fingerprint density at radius 3 is 2.58 bits per heavy atom. The van der Waals surface area contributed by atoms with Crippen LogP contribution in [0.1, 0.15) is 45.4 Å². The number of nitrogens with zero attached hydrogens (tertiary/aromatic N) is 3. The van der Waals surface area contributed by atoms with Gasteiger partial charge in [0.15, 0.2) is 0 Å². The van der Waals surface area contributed by atoms with E-state index < -0.39 is 0 Å². The van der Waals surface area contributed by atoms with E-state index in [1.807, 2.05) is 32.0 Å². The van der Waals surface area contributed by atoms with Gasteiger partial charge in [0.05, 0.1) is 17.6 Å². The molecule has 1 saturated heterocycles. The summed E-state index contributed by atoms with van der Waals surface area (Å²) in [5, 5.41) is 2.95. The number of aryl methyl sites for hydroxylation is 1. The molecular weight excluding hydrogens is 300 g/mol. The topological polar surface area (TPSA) is 50.2 Å². The molecule has 1 aliphatic rings. The molecule has 0 radical (unpaired) electrons. The molecule has 1 amide bonds. The molecule has 5 heteroatoms. The summed E-state index contributed by atoms with van der Waals surface area (Å²) in [4.78, 5) is 19.2. The molecule has 24 heavy (non-hydrogen) atoms. The number of benzene rings is 1. The maximum Gasteiger partial charge on any atom is 0.226 e. The van der Waals surface area contributed by atoms with Gasteiger partial charge in [0, 0.05) is 18.7 Å². The van der Waals surface area contributed by atoms with E-state index in [9.17, 15) is 4.79 Å². The number of carbonyl (C=O) groups excluding carboxylic acids is 1. The van der Waals surface area contributed by atoms with Crippen LogP contribution in [0, 0.1) is 5.92 Å². The standard InChI is InChI=1S/C19H28N4O/c1-14(2)19(24)20-15-8-9-17-16(12-15)21-18(22(17)3)13-23-10-6-4-5-7-11-23/h8-9,12,14H,4-7,10-11,13H2,1-3H3,(H,20,24). The van der Waals surface area contributed by atoms with Gasteiger partial charge in [-0.15, -0.1) is 0 Å². The second-order valence-electron chi connectivity index (χ2n) is 7.12. The van der Waals surface area contributed by atoms with E-state index in [0.29, 0.717) is 0 Å². The van der Waals surface area contributed by atoms with Gasteiger partial charge >= 0.3 is 0 Å². The second-order valence-corrected chi connectivity index (χ2v) is 7.12. The Hall–Kier alpha value is -1.88. The van der Waals surface area contributed by atoms with E-state index in [2.05, 4.69) is 21.8 Å². The highest BCUT2D eigenvalue weighted by atomic mass is 16.1. The number of imidazole rings is 1. The van der Waals surface area contributed by atoms with Crippen molar-refractivity contribution in [1.82, 2.24) is 14.5 Å². The number of anilines is 1. The van der Waals surface area contributed by atoms with Gasteiger partial charge in [0.1, 0.15) is 5.82 Å². The summed E-state index contributed by atoms with van der Waals surface area (Å²) in [6, 6.07) is 5.98. The number of hydrogen-bond acceptors (Lipinski definition) is 3. The number of nitrogens with one attached hydrogen (secondary N) is 1. The summed E-state index contributed by atoms with van der Waals surface area (Å²) in [7, 11) is 2.08. The summed E-state index contributed by atoms with van der Waals surface area (Å²) in [5.74, 6) is 1.11. The van der Waals surface area contributed by atoms with Crippen LogP contribution in [0.2, 0.25) is 0 Å². The van der Waals surface area contributed by atoms with Crippen molar-refractivity contribution in [3.63, 3.8) is 0 Å². The molecule has 0 aliphatic carbocycles. The fraction of sp³-hybridized carbons (Fsp3) is 0.579. The van der Waals surface area contributed by atoms with Gasteiger partial charge in [0.25, 0.3) is 0 Å². The van der Waals surface area contributed by atoms with E-state index in [1.165, 1.54) is 38.8 Å². The maximum atomic E-state index is 11.9. The first kappa shape index (κ1) is 17.0. The van der Waals surface area contributed by atoms with Crippen molar-refractivity contribution < 1.29 is 4.79 Å². The number of hydrogen-bond donors (Lipinski definition) is 1. The van der Waals surface area contributed by atoms with E-state index >= 15 is 0 Å².